The summed E-state index contributed by atoms with van der Waals surface area (Å²) < 4.78 is 11.1. The number of carbonyl (C=O) groups excluding carboxylic acids is 3. The Kier molecular flexibility index (Phi) is 14.0. The molecule has 3 aliphatic rings. The predicted molar refractivity (Wildman–Crippen MR) is 241 cm³/mol. The first-order valence-corrected chi connectivity index (χ1v) is 22.0. The molecule has 0 amide bonds. The third-order valence-electron chi connectivity index (χ3n) is 13.3. The first-order chi connectivity index (χ1) is 28.7. The molecule has 322 valence electrons. The molecule has 10 nitrogen and oxygen atoms in total. The van der Waals surface area contributed by atoms with Crippen LogP contribution in [0.2, 0.25) is 0 Å². The van der Waals surface area contributed by atoms with E-state index in [1.54, 1.807) is 0 Å². The third kappa shape index (κ3) is 8.93. The minimum Gasteiger partial charge on any atom is -0.515 e. The van der Waals surface area contributed by atoms with Gasteiger partial charge in [0, 0.05) is 56.8 Å². The number of hydrogen-bond acceptors (Lipinski definition) is 7. The molecule has 3 aromatic heterocycles. The van der Waals surface area contributed by atoms with Crippen LogP contribution in [0.1, 0.15) is 143 Å². The summed E-state index contributed by atoms with van der Waals surface area (Å²) in [5, 5.41) is 17.0. The van der Waals surface area contributed by atoms with Crippen molar-refractivity contribution in [2.75, 3.05) is 13.7 Å². The van der Waals surface area contributed by atoms with Crippen LogP contribution in [-0.4, -0.2) is 57.5 Å². The summed E-state index contributed by atoms with van der Waals surface area (Å²) in [5.41, 5.74) is 9.30. The SMILES string of the molecule is C=Cc1c2[nH]c(c1C)/C=C1/NC(C3=c4[nH]/c(c(C)c4C(=O)[C@@H]3C(=O)OC)=C\c3[nH]c(/c(=C\O)c3CC)=C\2)[C@@H](CCC(=O)OC/C=C(\C)CCC[C@@H](C)CCCC(C)C)[C@@H]1C. The summed E-state index contributed by atoms with van der Waals surface area (Å²) in [4.78, 5) is 52.0. The van der Waals surface area contributed by atoms with Crippen LogP contribution in [-0.2, 0) is 25.5 Å². The average molecular weight is 819 g/mol. The molecule has 5 heterocycles. The Morgan fingerprint density at radius 1 is 0.950 bits per heavy atom. The fourth-order valence-corrected chi connectivity index (χ4v) is 9.70. The highest BCUT2D eigenvalue weighted by Gasteiger charge is 2.49. The normalized spacial score (nSPS) is 22.5. The van der Waals surface area contributed by atoms with Crippen LogP contribution >= 0.6 is 0 Å². The first kappa shape index (κ1) is 44.3. The highest BCUT2D eigenvalue weighted by molar-refractivity contribution is 6.19. The van der Waals surface area contributed by atoms with Crippen LogP contribution in [0.5, 0.6) is 0 Å². The molecular weight excluding hydrogens is 753 g/mol. The second-order valence-corrected chi connectivity index (χ2v) is 17.8. The molecule has 0 saturated carbocycles. The van der Waals surface area contributed by atoms with Crippen molar-refractivity contribution in [2.24, 2.45) is 29.6 Å². The van der Waals surface area contributed by atoms with Crippen LogP contribution in [0.25, 0.3) is 36.1 Å². The molecular formula is C50H66N4O6. The van der Waals surface area contributed by atoms with Crippen LogP contribution < -0.4 is 26.6 Å². The van der Waals surface area contributed by atoms with Crippen LogP contribution in [0.3, 0.4) is 0 Å². The van der Waals surface area contributed by atoms with Gasteiger partial charge in [0.2, 0.25) is 0 Å². The Hall–Kier alpha value is -5.25. The molecule has 6 rings (SSSR count). The third-order valence-corrected chi connectivity index (χ3v) is 13.3. The van der Waals surface area contributed by atoms with E-state index in [2.05, 4.69) is 67.5 Å². The number of methoxy groups -OCH3 is 1. The van der Waals surface area contributed by atoms with E-state index in [9.17, 15) is 19.5 Å². The van der Waals surface area contributed by atoms with E-state index in [4.69, 9.17) is 9.47 Å². The Balaban J connectivity index is 1.34. The summed E-state index contributed by atoms with van der Waals surface area (Å²) in [7, 11) is 1.31. The largest absolute Gasteiger partial charge is 0.515 e. The minimum atomic E-state index is -1.14. The van der Waals surface area contributed by atoms with E-state index in [0.717, 1.165) is 86.7 Å². The summed E-state index contributed by atoms with van der Waals surface area (Å²) in [6, 6.07) is -0.471. The molecule has 10 heteroatoms. The van der Waals surface area contributed by atoms with Crippen LogP contribution in [0.4, 0.5) is 0 Å². The molecule has 2 aliphatic heterocycles. The molecule has 5 N–H and O–H groups in total. The maximum Gasteiger partial charge on any atom is 0.320 e. The summed E-state index contributed by atoms with van der Waals surface area (Å²) >= 11 is 0. The maximum absolute atomic E-state index is 14.4. The zero-order chi connectivity index (χ0) is 43.4. The fraction of sp³-hybridized carbons (Fsp3) is 0.500. The number of ketones is 1. The molecule has 1 unspecified atom stereocenters. The molecule has 1 fully saturated rings. The summed E-state index contributed by atoms with van der Waals surface area (Å²) in [5.74, 6) is -1.13. The van der Waals surface area contributed by atoms with E-state index in [-0.39, 0.29) is 36.6 Å². The van der Waals surface area contributed by atoms with Gasteiger partial charge in [0.05, 0.1) is 30.1 Å². The highest BCUT2D eigenvalue weighted by atomic mass is 16.5. The van der Waals surface area contributed by atoms with Gasteiger partial charge in [-0.1, -0.05) is 78.5 Å². The van der Waals surface area contributed by atoms with E-state index < -0.39 is 17.9 Å². The van der Waals surface area contributed by atoms with Crippen molar-refractivity contribution in [3.63, 3.8) is 0 Å². The number of carbonyl (C=O) groups is 3. The number of Topliss-reactive ketones (excluding diaryl/α,β-unsaturated/α-hetero) is 1. The van der Waals surface area contributed by atoms with Crippen molar-refractivity contribution in [2.45, 2.75) is 119 Å². The standard InChI is InChI=1S/C50H66N4O6/c1-11-33-30(7)37-23-38-31(8)35(19-20-43(56)60-22-21-29(6)18-14-17-28(5)16-13-15-27(3)4)47(53-38)45-46(50(58)59-10)49(57)44-32(9)39(54-48(44)45)24-41-34(12-2)36(26-55)42(52-41)25-40(33)51-37/h11,21,23-28,31,35,46-47,51-55H,1,12-20,22H2,2-10H3/b29-21+,36-26-,38-23+,39-24-,42-25-/t28-,31-,35-,46+,47?/m0/s1. The maximum atomic E-state index is 14.4. The number of allylic oxidation sites excluding steroid dienone is 2. The van der Waals surface area contributed by atoms with Gasteiger partial charge >= 0.3 is 11.9 Å². The number of aliphatic hydroxyl groups is 1. The number of fused-ring (bicyclic) bond motifs is 8. The lowest BCUT2D eigenvalue weighted by atomic mass is 9.80. The van der Waals surface area contributed by atoms with E-state index in [1.165, 1.54) is 38.4 Å². The van der Waals surface area contributed by atoms with Gasteiger partial charge < -0.3 is 34.8 Å². The number of nitrogens with one attached hydrogen (secondary N) is 4. The van der Waals surface area contributed by atoms with Crippen molar-refractivity contribution < 1.29 is 29.0 Å². The van der Waals surface area contributed by atoms with Crippen molar-refractivity contribution in [1.82, 2.24) is 20.3 Å². The first-order valence-electron chi connectivity index (χ1n) is 22.0. The lowest BCUT2D eigenvalue weighted by molar-refractivity contribution is -0.143. The molecule has 8 bridgehead atoms. The Morgan fingerprint density at radius 3 is 2.37 bits per heavy atom. The highest BCUT2D eigenvalue weighted by Crippen LogP contribution is 2.42. The molecule has 5 atom stereocenters. The second kappa shape index (κ2) is 19.0. The van der Waals surface area contributed by atoms with Gasteiger partial charge in [-0.05, 0) is 111 Å². The molecule has 60 heavy (non-hydrogen) atoms. The van der Waals surface area contributed by atoms with Gasteiger partial charge in [-0.2, -0.15) is 0 Å². The van der Waals surface area contributed by atoms with Gasteiger partial charge in [-0.25, -0.2) is 0 Å². The number of H-pyrrole nitrogens is 3. The van der Waals surface area contributed by atoms with Crippen LogP contribution in [0.15, 0.2) is 23.9 Å². The molecule has 1 saturated heterocycles. The van der Waals surface area contributed by atoms with Crippen molar-refractivity contribution in [3.8, 4) is 0 Å². The van der Waals surface area contributed by atoms with Gasteiger partial charge in [0.25, 0.3) is 0 Å². The fourth-order valence-electron chi connectivity index (χ4n) is 9.70. The van der Waals surface area contributed by atoms with Crippen molar-refractivity contribution in [3.05, 3.63) is 90.1 Å². The second-order valence-electron chi connectivity index (χ2n) is 17.8. The Labute approximate surface area is 354 Å². The number of aromatic nitrogens is 3. The molecule has 0 spiro atoms. The topological polar surface area (TPSA) is 149 Å². The quantitative estimate of drug-likeness (QED) is 0.0591. The summed E-state index contributed by atoms with van der Waals surface area (Å²) in [6.07, 6.45) is 19.5. The Morgan fingerprint density at radius 2 is 1.68 bits per heavy atom. The molecule has 0 radical (unpaired) electrons. The monoisotopic (exact) mass is 818 g/mol. The van der Waals surface area contributed by atoms with Gasteiger partial charge in [0.15, 0.2) is 5.78 Å². The number of ether oxygens (including phenoxy) is 2. The van der Waals surface area contributed by atoms with Gasteiger partial charge in [0.1, 0.15) is 12.5 Å². The number of aromatic amines is 3. The Bertz CT molecular complexity index is 2450. The number of aliphatic hydroxyl groups excluding tert-OH is 1. The molecule has 1 aliphatic carbocycles. The molecule has 3 aromatic rings. The van der Waals surface area contributed by atoms with E-state index in [1.807, 2.05) is 45.1 Å². The predicted octanol–water partition coefficient (Wildman–Crippen LogP) is 7.06. The van der Waals surface area contributed by atoms with Crippen LogP contribution in [0, 0.1) is 43.4 Å². The number of hydrogen-bond donors (Lipinski definition) is 5. The van der Waals surface area contributed by atoms with Crippen molar-refractivity contribution in [1.29, 1.82) is 0 Å². The number of rotatable bonds is 16. The van der Waals surface area contributed by atoms with Gasteiger partial charge in [-0.3, -0.25) is 14.4 Å². The number of esters is 2. The lowest BCUT2D eigenvalue weighted by Crippen LogP contribution is -2.38. The lowest BCUT2D eigenvalue weighted by Gasteiger charge is -2.25. The van der Waals surface area contributed by atoms with Crippen molar-refractivity contribution >= 4 is 53.9 Å². The smallest absolute Gasteiger partial charge is 0.320 e. The zero-order valence-corrected chi connectivity index (χ0v) is 37.2. The van der Waals surface area contributed by atoms with Gasteiger partial charge in [-0.15, -0.1) is 0 Å². The minimum absolute atomic E-state index is 0.0870. The van der Waals surface area contributed by atoms with E-state index in [0.29, 0.717) is 34.5 Å². The zero-order valence-electron chi connectivity index (χ0n) is 37.2. The van der Waals surface area contributed by atoms with E-state index >= 15 is 0 Å². The summed E-state index contributed by atoms with van der Waals surface area (Å²) in [6.45, 7) is 21.5. The molecule has 0 aromatic carbocycles. The average Bonchev–Trinajstić information content (AvgIpc) is 3.96.